The van der Waals surface area contributed by atoms with E-state index in [1.165, 1.54) is 0 Å². The first kappa shape index (κ1) is 18.8. The molecule has 7 heteroatoms. The van der Waals surface area contributed by atoms with Crippen LogP contribution in [0.15, 0.2) is 36.4 Å². The van der Waals surface area contributed by atoms with Crippen LogP contribution in [0.4, 0.5) is 17.1 Å². The van der Waals surface area contributed by atoms with Crippen molar-refractivity contribution in [1.29, 1.82) is 0 Å². The summed E-state index contributed by atoms with van der Waals surface area (Å²) in [6.45, 7) is 5.28. The third kappa shape index (κ3) is 2.93. The summed E-state index contributed by atoms with van der Waals surface area (Å²) in [6, 6.07) is 10.5. The van der Waals surface area contributed by atoms with Gasteiger partial charge in [0.05, 0.1) is 16.3 Å². The molecule has 1 saturated heterocycles. The predicted molar refractivity (Wildman–Crippen MR) is 112 cm³/mol. The Kier molecular flexibility index (Phi) is 4.56. The lowest BCUT2D eigenvalue weighted by Crippen LogP contribution is -2.48. The van der Waals surface area contributed by atoms with E-state index in [-0.39, 0.29) is 11.7 Å². The molecule has 2 aromatic rings. The first-order valence-electron chi connectivity index (χ1n) is 9.30. The third-order valence-electron chi connectivity index (χ3n) is 5.81. The summed E-state index contributed by atoms with van der Waals surface area (Å²) in [5, 5.41) is 3.27. The Labute approximate surface area is 169 Å². The molecule has 0 aliphatic carbocycles. The maximum absolute atomic E-state index is 13.4. The van der Waals surface area contributed by atoms with Crippen LogP contribution in [0, 0.1) is 0 Å². The molecule has 2 heterocycles. The van der Waals surface area contributed by atoms with Gasteiger partial charge in [-0.05, 0) is 43.8 Å². The summed E-state index contributed by atoms with van der Waals surface area (Å²) < 4.78 is 0. The Morgan fingerprint density at radius 1 is 1.07 bits per heavy atom. The van der Waals surface area contributed by atoms with Crippen LogP contribution in [0.25, 0.3) is 0 Å². The molecule has 6 nitrogen and oxygen atoms in total. The first-order valence-corrected chi connectivity index (χ1v) is 9.68. The number of Topliss-reactive ketones (excluding diaryl/α,β-unsaturated/α-hetero) is 1. The Morgan fingerprint density at radius 3 is 2.36 bits per heavy atom. The van der Waals surface area contributed by atoms with Gasteiger partial charge in [-0.25, -0.2) is 0 Å². The Bertz CT molecular complexity index is 952. The molecule has 1 fully saturated rings. The third-order valence-corrected chi connectivity index (χ3v) is 6.11. The fraction of sp³-hybridized carbons (Fsp3) is 0.333. The lowest BCUT2D eigenvalue weighted by Gasteiger charge is -2.36. The molecular weight excluding hydrogens is 376 g/mol. The van der Waals surface area contributed by atoms with Crippen LogP contribution in [0.1, 0.15) is 22.8 Å². The van der Waals surface area contributed by atoms with E-state index in [0.717, 1.165) is 31.9 Å². The Hall–Kier alpha value is -2.57. The van der Waals surface area contributed by atoms with Gasteiger partial charge in [0.15, 0.2) is 5.78 Å². The van der Waals surface area contributed by atoms with Gasteiger partial charge in [0, 0.05) is 37.6 Å². The number of amides is 1. The van der Waals surface area contributed by atoms with Crippen LogP contribution < -0.4 is 16.0 Å². The SMILES string of the molecule is CN1CCN(c2cc(Cl)c3c(c2)NC(=O)C(C)(c2ccc(N)cc2)C3=O)CC1. The zero-order valence-corrected chi connectivity index (χ0v) is 16.7. The molecule has 0 saturated carbocycles. The van der Waals surface area contributed by atoms with Crippen molar-refractivity contribution in [2.75, 3.05) is 49.2 Å². The second kappa shape index (κ2) is 6.79. The van der Waals surface area contributed by atoms with E-state index in [2.05, 4.69) is 22.2 Å². The molecule has 2 aliphatic rings. The van der Waals surface area contributed by atoms with Crippen molar-refractivity contribution in [1.82, 2.24) is 4.90 Å². The number of anilines is 3. The highest BCUT2D eigenvalue weighted by molar-refractivity contribution is 6.39. The molecule has 0 radical (unpaired) electrons. The van der Waals surface area contributed by atoms with Crippen LogP contribution >= 0.6 is 11.6 Å². The minimum Gasteiger partial charge on any atom is -0.399 e. The maximum atomic E-state index is 13.4. The van der Waals surface area contributed by atoms with E-state index in [1.54, 1.807) is 31.2 Å². The molecule has 3 N–H and O–H groups in total. The minimum absolute atomic E-state index is 0.300. The van der Waals surface area contributed by atoms with Gasteiger partial charge in [0.1, 0.15) is 5.41 Å². The number of ketones is 1. The summed E-state index contributed by atoms with van der Waals surface area (Å²) in [6.07, 6.45) is 0. The van der Waals surface area contributed by atoms with Crippen molar-refractivity contribution < 1.29 is 9.59 Å². The molecule has 1 amide bonds. The molecule has 1 atom stereocenters. The standard InChI is InChI=1S/C21H23ClN4O2/c1-21(13-3-5-14(23)6-4-13)19(27)18-16(22)11-15(12-17(18)24-20(21)28)26-9-7-25(2)8-10-26/h3-6,11-12H,7-10,23H2,1-2H3,(H,24,28). The predicted octanol–water partition coefficient (Wildman–Crippen LogP) is 2.77. The number of nitrogen functional groups attached to an aromatic ring is 1. The summed E-state index contributed by atoms with van der Waals surface area (Å²) in [5.74, 6) is -0.660. The zero-order valence-electron chi connectivity index (χ0n) is 16.0. The number of likely N-dealkylation sites (N-methyl/N-ethyl adjacent to an activating group) is 1. The number of carbonyl (C=O) groups excluding carboxylic acids is 2. The van der Waals surface area contributed by atoms with Crippen molar-refractivity contribution >= 4 is 40.4 Å². The van der Waals surface area contributed by atoms with E-state index in [4.69, 9.17) is 17.3 Å². The highest BCUT2D eigenvalue weighted by Crippen LogP contribution is 2.42. The molecule has 2 aliphatic heterocycles. The van der Waals surface area contributed by atoms with Gasteiger partial charge in [-0.15, -0.1) is 0 Å². The number of piperazine rings is 1. The number of rotatable bonds is 2. The second-order valence-electron chi connectivity index (χ2n) is 7.67. The number of fused-ring (bicyclic) bond motifs is 1. The Morgan fingerprint density at radius 2 is 1.71 bits per heavy atom. The lowest BCUT2D eigenvalue weighted by atomic mass is 9.73. The largest absolute Gasteiger partial charge is 0.399 e. The average Bonchev–Trinajstić information content (AvgIpc) is 2.67. The van der Waals surface area contributed by atoms with Crippen LogP contribution in [0.2, 0.25) is 5.02 Å². The van der Waals surface area contributed by atoms with Crippen molar-refractivity contribution in [2.45, 2.75) is 12.3 Å². The number of nitrogens with two attached hydrogens (primary N) is 1. The molecule has 2 aromatic carbocycles. The van der Waals surface area contributed by atoms with Gasteiger partial charge in [-0.1, -0.05) is 23.7 Å². The molecule has 0 spiro atoms. The lowest BCUT2D eigenvalue weighted by molar-refractivity contribution is -0.119. The first-order chi connectivity index (χ1) is 13.3. The summed E-state index contributed by atoms with van der Waals surface area (Å²) in [7, 11) is 2.09. The van der Waals surface area contributed by atoms with Gasteiger partial charge in [0.2, 0.25) is 5.91 Å². The Balaban J connectivity index is 1.74. The van der Waals surface area contributed by atoms with E-state index in [9.17, 15) is 9.59 Å². The smallest absolute Gasteiger partial charge is 0.242 e. The van der Waals surface area contributed by atoms with E-state index < -0.39 is 5.41 Å². The average molecular weight is 399 g/mol. The van der Waals surface area contributed by atoms with Crippen LogP contribution in [0.3, 0.4) is 0 Å². The topological polar surface area (TPSA) is 78.7 Å². The molecule has 146 valence electrons. The van der Waals surface area contributed by atoms with Crippen LogP contribution in [-0.4, -0.2) is 49.8 Å². The number of benzene rings is 2. The quantitative estimate of drug-likeness (QED) is 0.600. The molecule has 28 heavy (non-hydrogen) atoms. The van der Waals surface area contributed by atoms with E-state index >= 15 is 0 Å². The highest BCUT2D eigenvalue weighted by Gasteiger charge is 2.48. The number of nitrogens with one attached hydrogen (secondary N) is 1. The van der Waals surface area contributed by atoms with Gasteiger partial charge in [-0.2, -0.15) is 0 Å². The number of hydrogen-bond acceptors (Lipinski definition) is 5. The summed E-state index contributed by atoms with van der Waals surface area (Å²) in [4.78, 5) is 30.9. The van der Waals surface area contributed by atoms with Crippen molar-refractivity contribution in [3.05, 3.63) is 52.5 Å². The molecule has 4 rings (SSSR count). The van der Waals surface area contributed by atoms with Gasteiger partial charge in [0.25, 0.3) is 0 Å². The van der Waals surface area contributed by atoms with Crippen molar-refractivity contribution in [3.8, 4) is 0 Å². The number of carbonyl (C=O) groups is 2. The zero-order chi connectivity index (χ0) is 20.1. The van der Waals surface area contributed by atoms with Crippen molar-refractivity contribution in [3.63, 3.8) is 0 Å². The molecule has 1 unspecified atom stereocenters. The van der Waals surface area contributed by atoms with Crippen LogP contribution in [0.5, 0.6) is 0 Å². The molecule has 0 aromatic heterocycles. The number of halogens is 1. The monoisotopic (exact) mass is 398 g/mol. The number of nitrogens with zero attached hydrogens (tertiary/aromatic N) is 2. The highest BCUT2D eigenvalue weighted by atomic mass is 35.5. The van der Waals surface area contributed by atoms with Crippen LogP contribution in [-0.2, 0) is 10.2 Å². The van der Waals surface area contributed by atoms with Gasteiger partial charge in [-0.3, -0.25) is 9.59 Å². The van der Waals surface area contributed by atoms with E-state index in [0.29, 0.717) is 27.5 Å². The normalized spacial score (nSPS) is 22.8. The van der Waals surface area contributed by atoms with Gasteiger partial charge >= 0.3 is 0 Å². The van der Waals surface area contributed by atoms with Crippen molar-refractivity contribution in [2.24, 2.45) is 0 Å². The summed E-state index contributed by atoms with van der Waals surface area (Å²) in [5.41, 5.74) is 7.32. The molecule has 0 bridgehead atoms. The fourth-order valence-corrected chi connectivity index (χ4v) is 4.15. The number of hydrogen-bond donors (Lipinski definition) is 2. The van der Waals surface area contributed by atoms with E-state index in [1.807, 2.05) is 12.1 Å². The summed E-state index contributed by atoms with van der Waals surface area (Å²) >= 11 is 6.55. The second-order valence-corrected chi connectivity index (χ2v) is 8.08. The maximum Gasteiger partial charge on any atom is 0.242 e. The minimum atomic E-state index is -1.35. The molecular formula is C21H23ClN4O2. The fourth-order valence-electron chi connectivity index (χ4n) is 3.85. The van der Waals surface area contributed by atoms with Gasteiger partial charge < -0.3 is 20.9 Å².